The predicted octanol–water partition coefficient (Wildman–Crippen LogP) is 2.95. The van der Waals surface area contributed by atoms with Gasteiger partial charge in [-0.15, -0.1) is 0 Å². The quantitative estimate of drug-likeness (QED) is 0.840. The van der Waals surface area contributed by atoms with Crippen molar-refractivity contribution >= 4 is 11.8 Å². The summed E-state index contributed by atoms with van der Waals surface area (Å²) in [6.45, 7) is 3.05. The molecular formula is C19H18F2N2O2. The lowest BCUT2D eigenvalue weighted by molar-refractivity contribution is 0.0414. The molecule has 0 saturated carbocycles. The van der Waals surface area contributed by atoms with Crippen molar-refractivity contribution in [2.45, 2.75) is 13.0 Å². The van der Waals surface area contributed by atoms with Gasteiger partial charge in [0.25, 0.3) is 11.8 Å². The van der Waals surface area contributed by atoms with Crippen LogP contribution < -0.4 is 0 Å². The van der Waals surface area contributed by atoms with Gasteiger partial charge in [-0.3, -0.25) is 9.59 Å². The van der Waals surface area contributed by atoms with Crippen LogP contribution in [0.5, 0.6) is 0 Å². The fourth-order valence-electron chi connectivity index (χ4n) is 2.98. The van der Waals surface area contributed by atoms with Crippen LogP contribution in [0.2, 0.25) is 0 Å². The van der Waals surface area contributed by atoms with Gasteiger partial charge in [-0.25, -0.2) is 8.78 Å². The number of carbonyl (C=O) groups is 2. The van der Waals surface area contributed by atoms with E-state index in [4.69, 9.17) is 0 Å². The Labute approximate surface area is 144 Å². The van der Waals surface area contributed by atoms with Gasteiger partial charge in [-0.05, 0) is 55.5 Å². The second-order valence-corrected chi connectivity index (χ2v) is 6.11. The zero-order valence-electron chi connectivity index (χ0n) is 13.8. The summed E-state index contributed by atoms with van der Waals surface area (Å²) >= 11 is 0. The third-order valence-electron chi connectivity index (χ3n) is 4.36. The molecule has 0 radical (unpaired) electrons. The highest BCUT2D eigenvalue weighted by atomic mass is 19.1. The van der Waals surface area contributed by atoms with E-state index in [9.17, 15) is 18.4 Å². The molecule has 2 amide bonds. The minimum atomic E-state index is -0.390. The Bertz CT molecular complexity index is 775. The van der Waals surface area contributed by atoms with Gasteiger partial charge >= 0.3 is 0 Å². The van der Waals surface area contributed by atoms with Gasteiger partial charge in [0.05, 0.1) is 0 Å². The van der Waals surface area contributed by atoms with Gasteiger partial charge in [-0.1, -0.05) is 0 Å². The molecule has 0 spiro atoms. The Morgan fingerprint density at radius 2 is 1.32 bits per heavy atom. The summed E-state index contributed by atoms with van der Waals surface area (Å²) in [7, 11) is 0. The van der Waals surface area contributed by atoms with E-state index in [1.54, 1.807) is 9.80 Å². The topological polar surface area (TPSA) is 40.6 Å². The number of nitrogens with zero attached hydrogens (tertiary/aromatic N) is 2. The molecule has 1 fully saturated rings. The Morgan fingerprint density at radius 3 is 1.80 bits per heavy atom. The predicted molar refractivity (Wildman–Crippen MR) is 89.2 cm³/mol. The molecule has 0 bridgehead atoms. The number of rotatable bonds is 2. The summed E-state index contributed by atoms with van der Waals surface area (Å²) in [6, 6.07) is 10.7. The molecule has 0 unspecified atom stereocenters. The Morgan fingerprint density at radius 1 is 0.840 bits per heavy atom. The first-order chi connectivity index (χ1) is 12.0. The minimum absolute atomic E-state index is 0.171. The third-order valence-corrected chi connectivity index (χ3v) is 4.36. The zero-order valence-corrected chi connectivity index (χ0v) is 13.8. The molecule has 0 N–H and O–H groups in total. The lowest BCUT2D eigenvalue weighted by Crippen LogP contribution is -2.55. The smallest absolute Gasteiger partial charge is 0.254 e. The van der Waals surface area contributed by atoms with Crippen molar-refractivity contribution in [2.24, 2.45) is 0 Å². The summed E-state index contributed by atoms with van der Waals surface area (Å²) in [5.41, 5.74) is 0.846. The summed E-state index contributed by atoms with van der Waals surface area (Å²) < 4.78 is 26.0. The van der Waals surface area contributed by atoms with Crippen molar-refractivity contribution in [3.8, 4) is 0 Å². The second-order valence-electron chi connectivity index (χ2n) is 6.11. The molecule has 1 saturated heterocycles. The molecule has 3 rings (SSSR count). The summed E-state index contributed by atoms with van der Waals surface area (Å²) in [4.78, 5) is 28.4. The molecule has 1 aliphatic heterocycles. The molecule has 130 valence electrons. The number of hydrogen-bond acceptors (Lipinski definition) is 2. The maximum absolute atomic E-state index is 13.0. The van der Waals surface area contributed by atoms with Crippen molar-refractivity contribution in [2.75, 3.05) is 19.6 Å². The third kappa shape index (κ3) is 3.68. The van der Waals surface area contributed by atoms with Crippen molar-refractivity contribution in [3.63, 3.8) is 0 Å². The molecule has 1 heterocycles. The second kappa shape index (κ2) is 7.01. The van der Waals surface area contributed by atoms with Crippen molar-refractivity contribution < 1.29 is 18.4 Å². The van der Waals surface area contributed by atoms with Crippen LogP contribution in [0.1, 0.15) is 27.6 Å². The van der Waals surface area contributed by atoms with Crippen LogP contribution in [0.15, 0.2) is 48.5 Å². The highest BCUT2D eigenvalue weighted by molar-refractivity contribution is 5.96. The van der Waals surface area contributed by atoms with E-state index in [1.165, 1.54) is 48.5 Å². The fourth-order valence-corrected chi connectivity index (χ4v) is 2.98. The molecule has 2 aromatic carbocycles. The Hall–Kier alpha value is -2.76. The number of hydrogen-bond donors (Lipinski definition) is 0. The largest absolute Gasteiger partial charge is 0.335 e. The van der Waals surface area contributed by atoms with Crippen molar-refractivity contribution in [3.05, 3.63) is 71.3 Å². The molecule has 1 atom stereocenters. The van der Waals surface area contributed by atoms with Gasteiger partial charge in [0.15, 0.2) is 0 Å². The van der Waals surface area contributed by atoms with Gasteiger partial charge < -0.3 is 9.80 Å². The molecule has 6 heteroatoms. The SMILES string of the molecule is C[C@@H]1CN(C(=O)c2ccc(F)cc2)CCN1C(=O)c1ccc(F)cc1. The first kappa shape index (κ1) is 17.1. The first-order valence-electron chi connectivity index (χ1n) is 8.07. The van der Waals surface area contributed by atoms with E-state index in [2.05, 4.69) is 0 Å². The summed E-state index contributed by atoms with van der Waals surface area (Å²) in [5.74, 6) is -1.14. The summed E-state index contributed by atoms with van der Waals surface area (Å²) in [5, 5.41) is 0. The molecule has 0 aliphatic carbocycles. The lowest BCUT2D eigenvalue weighted by atomic mass is 10.1. The number of piperazine rings is 1. The highest BCUT2D eigenvalue weighted by Gasteiger charge is 2.30. The fraction of sp³-hybridized carbons (Fsp3) is 0.263. The van der Waals surface area contributed by atoms with E-state index in [0.29, 0.717) is 30.8 Å². The van der Waals surface area contributed by atoms with Gasteiger partial charge in [0.1, 0.15) is 11.6 Å². The average Bonchev–Trinajstić information content (AvgIpc) is 2.62. The number of carbonyl (C=O) groups excluding carboxylic acids is 2. The van der Waals surface area contributed by atoms with Crippen LogP contribution >= 0.6 is 0 Å². The van der Waals surface area contributed by atoms with E-state index in [-0.39, 0.29) is 29.5 Å². The van der Waals surface area contributed by atoms with Crippen LogP contribution in [0, 0.1) is 11.6 Å². The van der Waals surface area contributed by atoms with E-state index >= 15 is 0 Å². The van der Waals surface area contributed by atoms with E-state index < -0.39 is 0 Å². The zero-order chi connectivity index (χ0) is 18.0. The molecule has 0 aromatic heterocycles. The minimum Gasteiger partial charge on any atom is -0.335 e. The molecule has 25 heavy (non-hydrogen) atoms. The Balaban J connectivity index is 1.67. The van der Waals surface area contributed by atoms with Gasteiger partial charge in [0.2, 0.25) is 0 Å². The standard InChI is InChI=1S/C19H18F2N2O2/c1-13-12-22(18(24)14-2-6-16(20)7-3-14)10-11-23(13)19(25)15-4-8-17(21)9-5-15/h2-9,13H,10-12H2,1H3/t13-/m1/s1. The lowest BCUT2D eigenvalue weighted by Gasteiger charge is -2.40. The van der Waals surface area contributed by atoms with E-state index in [1.807, 2.05) is 6.92 Å². The van der Waals surface area contributed by atoms with Gasteiger partial charge in [-0.2, -0.15) is 0 Å². The van der Waals surface area contributed by atoms with Crippen LogP contribution in [0.25, 0.3) is 0 Å². The molecule has 4 nitrogen and oxygen atoms in total. The van der Waals surface area contributed by atoms with Crippen LogP contribution in [0.4, 0.5) is 8.78 Å². The number of benzene rings is 2. The number of amides is 2. The van der Waals surface area contributed by atoms with Crippen molar-refractivity contribution in [1.82, 2.24) is 9.80 Å². The number of halogens is 2. The van der Waals surface area contributed by atoms with Crippen LogP contribution in [0.3, 0.4) is 0 Å². The molecular weight excluding hydrogens is 326 g/mol. The van der Waals surface area contributed by atoms with Crippen LogP contribution in [-0.4, -0.2) is 47.3 Å². The highest BCUT2D eigenvalue weighted by Crippen LogP contribution is 2.17. The molecule has 2 aromatic rings. The average molecular weight is 344 g/mol. The van der Waals surface area contributed by atoms with Crippen LogP contribution in [-0.2, 0) is 0 Å². The Kier molecular flexibility index (Phi) is 4.79. The maximum Gasteiger partial charge on any atom is 0.254 e. The van der Waals surface area contributed by atoms with E-state index in [0.717, 1.165) is 0 Å². The first-order valence-corrected chi connectivity index (χ1v) is 8.07. The summed E-state index contributed by atoms with van der Waals surface area (Å²) in [6.07, 6.45) is 0. The maximum atomic E-state index is 13.0. The van der Waals surface area contributed by atoms with Crippen molar-refractivity contribution in [1.29, 1.82) is 0 Å². The molecule has 1 aliphatic rings. The monoisotopic (exact) mass is 344 g/mol. The normalized spacial score (nSPS) is 17.5. The van der Waals surface area contributed by atoms with Gasteiger partial charge in [0, 0.05) is 36.8 Å².